The number of aromatic nitrogens is 2. The Morgan fingerprint density at radius 3 is 2.00 bits per heavy atom. The second-order valence-electron chi connectivity index (χ2n) is 3.22. The summed E-state index contributed by atoms with van der Waals surface area (Å²) in [6.07, 6.45) is 3.14. The third-order valence-corrected chi connectivity index (χ3v) is 1.97. The van der Waals surface area contributed by atoms with E-state index in [1.165, 1.54) is 12.4 Å². The lowest BCUT2D eigenvalue weighted by Crippen LogP contribution is -2.13. The van der Waals surface area contributed by atoms with E-state index in [0.29, 0.717) is 5.56 Å². The lowest BCUT2D eigenvalue weighted by atomic mass is 10.1. The van der Waals surface area contributed by atoms with E-state index in [1.807, 2.05) is 0 Å². The minimum atomic E-state index is -0.222. The highest BCUT2D eigenvalue weighted by Crippen LogP contribution is 2.01. The van der Waals surface area contributed by atoms with Gasteiger partial charge in [0.05, 0.1) is 5.56 Å². The lowest BCUT2D eigenvalue weighted by molar-refractivity contribution is 0.0965. The number of carbonyl (C=O) groups excluding carboxylic acids is 2. The van der Waals surface area contributed by atoms with Gasteiger partial charge in [0.15, 0.2) is 11.6 Å². The Hall–Kier alpha value is -1.66. The number of carbonyl (C=O) groups is 2. The largest absolute Gasteiger partial charge is 0.330 e. The highest BCUT2D eigenvalue weighted by Gasteiger charge is 2.10. The molecule has 1 heterocycles. The molecule has 0 bridgehead atoms. The summed E-state index contributed by atoms with van der Waals surface area (Å²) in [5, 5.41) is 0. The van der Waals surface area contributed by atoms with Gasteiger partial charge in [-0.05, 0) is 13.1 Å². The molecule has 0 aromatic carbocycles. The van der Waals surface area contributed by atoms with Gasteiger partial charge >= 0.3 is 0 Å². The average Bonchev–Trinajstić information content (AvgIpc) is 2.30. The quantitative estimate of drug-likeness (QED) is 0.630. The summed E-state index contributed by atoms with van der Waals surface area (Å²) in [5.41, 5.74) is 10.9. The van der Waals surface area contributed by atoms with Gasteiger partial charge in [-0.1, -0.05) is 0 Å². The van der Waals surface area contributed by atoms with Crippen LogP contribution in [0.2, 0.25) is 0 Å². The number of nitrogens with two attached hydrogens (primary N) is 2. The maximum absolute atomic E-state index is 11.4. The first-order chi connectivity index (χ1) is 7.69. The van der Waals surface area contributed by atoms with Gasteiger partial charge in [-0.2, -0.15) is 0 Å². The number of hydrogen-bond acceptors (Lipinski definition) is 6. The molecule has 0 atom stereocenters. The van der Waals surface area contributed by atoms with Crippen molar-refractivity contribution in [2.75, 3.05) is 13.1 Å². The fourth-order valence-corrected chi connectivity index (χ4v) is 1.13. The number of nitrogens with zero attached hydrogens (tertiary/aromatic N) is 2. The molecule has 0 aliphatic heterocycles. The van der Waals surface area contributed by atoms with Gasteiger partial charge in [0.1, 0.15) is 0 Å². The van der Waals surface area contributed by atoms with Gasteiger partial charge in [0.2, 0.25) is 5.78 Å². The first kappa shape index (κ1) is 12.4. The number of rotatable bonds is 6. The van der Waals surface area contributed by atoms with Crippen LogP contribution in [0.5, 0.6) is 0 Å². The van der Waals surface area contributed by atoms with Gasteiger partial charge in [-0.3, -0.25) is 9.59 Å². The second kappa shape index (κ2) is 6.04. The lowest BCUT2D eigenvalue weighted by Gasteiger charge is -2.00. The summed E-state index contributed by atoms with van der Waals surface area (Å²) >= 11 is 0. The normalized spacial score (nSPS) is 10.1. The van der Waals surface area contributed by atoms with E-state index in [2.05, 4.69) is 9.97 Å². The van der Waals surface area contributed by atoms with Crippen LogP contribution in [0.15, 0.2) is 12.4 Å². The number of Topliss-reactive ketones (excluding diaryl/α,β-unsaturated/α-hetero) is 2. The summed E-state index contributed by atoms with van der Waals surface area (Å²) in [6.45, 7) is 0.544. The first-order valence-electron chi connectivity index (χ1n) is 4.97. The predicted octanol–water partition coefficient (Wildman–Crippen LogP) is -0.460. The molecule has 0 amide bonds. The molecule has 86 valence electrons. The first-order valence-corrected chi connectivity index (χ1v) is 4.97. The molecule has 0 unspecified atom stereocenters. The van der Waals surface area contributed by atoms with E-state index in [0.717, 1.165) is 0 Å². The molecule has 4 N–H and O–H groups in total. The van der Waals surface area contributed by atoms with Crippen LogP contribution in [0, 0.1) is 0 Å². The van der Waals surface area contributed by atoms with Crippen LogP contribution in [-0.4, -0.2) is 34.6 Å². The maximum atomic E-state index is 11.4. The number of hydrogen-bond donors (Lipinski definition) is 2. The van der Waals surface area contributed by atoms with Crippen LogP contribution < -0.4 is 11.5 Å². The van der Waals surface area contributed by atoms with Crippen LogP contribution in [0.25, 0.3) is 0 Å². The van der Waals surface area contributed by atoms with Gasteiger partial charge in [-0.25, -0.2) is 9.97 Å². The Bertz CT molecular complexity index is 338. The summed E-state index contributed by atoms with van der Waals surface area (Å²) in [5.74, 6) is -0.254. The Morgan fingerprint density at radius 2 is 1.50 bits per heavy atom. The van der Waals surface area contributed by atoms with Crippen LogP contribution in [-0.2, 0) is 0 Å². The Balaban J connectivity index is 2.75. The Kier molecular flexibility index (Phi) is 4.68. The molecule has 0 spiro atoms. The van der Waals surface area contributed by atoms with Crippen molar-refractivity contribution in [3.05, 3.63) is 23.8 Å². The zero-order chi connectivity index (χ0) is 12.0. The van der Waals surface area contributed by atoms with Crippen LogP contribution >= 0.6 is 0 Å². The zero-order valence-electron chi connectivity index (χ0n) is 8.85. The summed E-state index contributed by atoms with van der Waals surface area (Å²) in [7, 11) is 0. The fourth-order valence-electron chi connectivity index (χ4n) is 1.13. The maximum Gasteiger partial charge on any atom is 0.201 e. The van der Waals surface area contributed by atoms with E-state index >= 15 is 0 Å². The van der Waals surface area contributed by atoms with E-state index in [1.54, 1.807) is 0 Å². The molecule has 16 heavy (non-hydrogen) atoms. The molecule has 1 aromatic heterocycles. The third kappa shape index (κ3) is 3.18. The molecule has 0 radical (unpaired) electrons. The van der Waals surface area contributed by atoms with Crippen LogP contribution in [0.3, 0.4) is 0 Å². The van der Waals surface area contributed by atoms with E-state index in [9.17, 15) is 9.59 Å². The summed E-state index contributed by atoms with van der Waals surface area (Å²) < 4.78 is 0. The Labute approximate surface area is 93.1 Å². The molecule has 0 saturated heterocycles. The smallest absolute Gasteiger partial charge is 0.201 e. The molecule has 1 rings (SSSR count). The molecular weight excluding hydrogens is 208 g/mol. The fraction of sp³-hybridized carbons (Fsp3) is 0.400. The molecule has 1 aromatic rings. The minimum absolute atomic E-state index is 0.0924. The van der Waals surface area contributed by atoms with Gasteiger partial charge < -0.3 is 11.5 Å². The van der Waals surface area contributed by atoms with Crippen molar-refractivity contribution in [2.45, 2.75) is 12.8 Å². The van der Waals surface area contributed by atoms with Crippen molar-refractivity contribution in [3.8, 4) is 0 Å². The van der Waals surface area contributed by atoms with Crippen molar-refractivity contribution in [1.82, 2.24) is 9.97 Å². The molecule has 6 heteroatoms. The van der Waals surface area contributed by atoms with E-state index < -0.39 is 0 Å². The average molecular weight is 222 g/mol. The predicted molar refractivity (Wildman–Crippen MR) is 58.0 cm³/mol. The zero-order valence-corrected chi connectivity index (χ0v) is 8.85. The molecule has 0 aliphatic carbocycles. The molecule has 0 saturated carbocycles. The van der Waals surface area contributed by atoms with Crippen molar-refractivity contribution < 1.29 is 9.59 Å². The second-order valence-corrected chi connectivity index (χ2v) is 3.22. The standard InChI is InChI=1S/C10H14N4O2/c11-3-1-8(15)7-5-13-10(14-6-7)9(16)2-4-12/h5-6H,1-4,11-12H2. The summed E-state index contributed by atoms with van der Waals surface area (Å²) in [4.78, 5) is 30.4. The van der Waals surface area contributed by atoms with Gasteiger partial charge in [0, 0.05) is 25.2 Å². The van der Waals surface area contributed by atoms with Crippen molar-refractivity contribution >= 4 is 11.6 Å². The topological polar surface area (TPSA) is 112 Å². The van der Waals surface area contributed by atoms with Crippen molar-refractivity contribution in [1.29, 1.82) is 0 Å². The highest BCUT2D eigenvalue weighted by molar-refractivity contribution is 5.96. The van der Waals surface area contributed by atoms with E-state index in [4.69, 9.17) is 11.5 Å². The van der Waals surface area contributed by atoms with Crippen molar-refractivity contribution in [3.63, 3.8) is 0 Å². The summed E-state index contributed by atoms with van der Waals surface area (Å²) in [6, 6.07) is 0. The monoisotopic (exact) mass is 222 g/mol. The number of ketones is 2. The highest BCUT2D eigenvalue weighted by atomic mass is 16.1. The van der Waals surface area contributed by atoms with E-state index in [-0.39, 0.29) is 43.3 Å². The van der Waals surface area contributed by atoms with Crippen LogP contribution in [0.1, 0.15) is 33.8 Å². The SMILES string of the molecule is NCCC(=O)c1cnc(C(=O)CCN)nc1. The van der Waals surface area contributed by atoms with Crippen LogP contribution in [0.4, 0.5) is 0 Å². The molecule has 0 aliphatic rings. The van der Waals surface area contributed by atoms with Gasteiger partial charge in [0.25, 0.3) is 0 Å². The molecular formula is C10H14N4O2. The molecule has 6 nitrogen and oxygen atoms in total. The minimum Gasteiger partial charge on any atom is -0.330 e. The third-order valence-electron chi connectivity index (χ3n) is 1.97. The Morgan fingerprint density at radius 1 is 1.00 bits per heavy atom. The van der Waals surface area contributed by atoms with Crippen molar-refractivity contribution in [2.24, 2.45) is 11.5 Å². The van der Waals surface area contributed by atoms with Gasteiger partial charge in [-0.15, -0.1) is 0 Å². The molecule has 0 fully saturated rings.